The molecule has 7 nitrogen and oxygen atoms in total. The Morgan fingerprint density at radius 3 is 2.06 bits per heavy atom. The minimum Gasteiger partial charge on any atom is -0.490 e. The van der Waals surface area contributed by atoms with Crippen LogP contribution in [0.25, 0.3) is 0 Å². The summed E-state index contributed by atoms with van der Waals surface area (Å²) >= 11 is 0. The molecule has 0 radical (unpaired) electrons. The summed E-state index contributed by atoms with van der Waals surface area (Å²) in [5, 5.41) is 8.29. The smallest absolute Gasteiger partial charge is 0.333 e. The zero-order chi connectivity index (χ0) is 22.9. The molecule has 0 aromatic heterocycles. The zero-order valence-corrected chi connectivity index (χ0v) is 18.9. The third-order valence-corrected chi connectivity index (χ3v) is 6.45. The highest BCUT2D eigenvalue weighted by Crippen LogP contribution is 2.23. The second-order valence-electron chi connectivity index (χ2n) is 7.25. The molecule has 2 rings (SSSR count). The van der Waals surface area contributed by atoms with Crippen molar-refractivity contribution in [2.24, 2.45) is 16.1 Å². The summed E-state index contributed by atoms with van der Waals surface area (Å²) in [6, 6.07) is 13.3. The van der Waals surface area contributed by atoms with Crippen LogP contribution in [-0.4, -0.2) is 33.4 Å². The maximum absolute atomic E-state index is 12.4. The number of carbonyl (C=O) groups is 1. The fourth-order valence-electron chi connectivity index (χ4n) is 2.45. The lowest BCUT2D eigenvalue weighted by Crippen LogP contribution is -2.13. The second-order valence-corrected chi connectivity index (χ2v) is 9.28. The van der Waals surface area contributed by atoms with Gasteiger partial charge in [0.1, 0.15) is 19.0 Å². The number of ether oxygens (including phenoxy) is 2. The van der Waals surface area contributed by atoms with Crippen LogP contribution in [0.5, 0.6) is 5.75 Å². The highest BCUT2D eigenvalue weighted by atomic mass is 32.2. The van der Waals surface area contributed by atoms with Gasteiger partial charge in [-0.05, 0) is 61.4 Å². The molecule has 0 heterocycles. The number of nitrogens with zero attached hydrogens (tertiary/aromatic N) is 2. The fourth-order valence-corrected chi connectivity index (χ4v) is 4.18. The van der Waals surface area contributed by atoms with E-state index >= 15 is 0 Å². The monoisotopic (exact) mass is 444 g/mol. The van der Waals surface area contributed by atoms with Gasteiger partial charge in [0.2, 0.25) is 0 Å². The summed E-state index contributed by atoms with van der Waals surface area (Å²) in [5.74, 6) is 0.416. The molecule has 0 N–H and O–H groups in total. The molecule has 0 aliphatic carbocycles. The maximum atomic E-state index is 12.4. The van der Waals surface area contributed by atoms with Crippen molar-refractivity contribution >= 4 is 27.2 Å². The zero-order valence-electron chi connectivity index (χ0n) is 18.1. The normalized spacial score (nSPS) is 12.5. The van der Waals surface area contributed by atoms with Crippen LogP contribution in [0.4, 0.5) is 11.4 Å². The third-order valence-electron chi connectivity index (χ3n) is 4.45. The van der Waals surface area contributed by atoms with Crippen molar-refractivity contribution in [1.82, 2.24) is 0 Å². The average molecular weight is 445 g/mol. The van der Waals surface area contributed by atoms with Crippen LogP contribution in [-0.2, 0) is 19.4 Å². The Kier molecular flexibility index (Phi) is 8.93. The van der Waals surface area contributed by atoms with Gasteiger partial charge in [-0.15, -0.1) is 0 Å². The van der Waals surface area contributed by atoms with Crippen molar-refractivity contribution in [3.63, 3.8) is 0 Å². The molecule has 0 amide bonds. The van der Waals surface area contributed by atoms with Crippen molar-refractivity contribution in [2.45, 2.75) is 32.1 Å². The fraction of sp³-hybridized carbons (Fsp3) is 0.348. The number of benzene rings is 2. The standard InChI is InChI=1S/C23H28N2O5S/c1-5-18(4)16-31(27,28)22-12-8-20(9-13-22)25-24-19-6-10-21(11-7-19)29-14-15-30-23(26)17(2)3/h6-13,18H,2,5,14-16H2,1,3-4H3/b25-24+/t18-/m1/s1. The molecule has 0 unspecified atom stereocenters. The van der Waals surface area contributed by atoms with E-state index in [9.17, 15) is 13.2 Å². The summed E-state index contributed by atoms with van der Waals surface area (Å²) in [4.78, 5) is 11.6. The number of hydrogen-bond acceptors (Lipinski definition) is 7. The molecule has 0 saturated carbocycles. The first kappa shape index (κ1) is 24.3. The first-order chi connectivity index (χ1) is 14.7. The van der Waals surface area contributed by atoms with E-state index in [1.54, 1.807) is 55.5 Å². The lowest BCUT2D eigenvalue weighted by Gasteiger charge is -2.09. The molecule has 0 aliphatic heterocycles. The summed E-state index contributed by atoms with van der Waals surface area (Å²) in [6.07, 6.45) is 0.817. The van der Waals surface area contributed by atoms with Gasteiger partial charge in [-0.1, -0.05) is 26.8 Å². The molecule has 2 aromatic carbocycles. The lowest BCUT2D eigenvalue weighted by atomic mass is 10.2. The van der Waals surface area contributed by atoms with Crippen LogP contribution in [0.1, 0.15) is 27.2 Å². The number of hydrogen-bond donors (Lipinski definition) is 0. The van der Waals surface area contributed by atoms with Crippen LogP contribution in [0.15, 0.2) is 75.8 Å². The van der Waals surface area contributed by atoms with Crippen molar-refractivity contribution in [2.75, 3.05) is 19.0 Å². The second kappa shape index (κ2) is 11.4. The van der Waals surface area contributed by atoms with E-state index in [0.29, 0.717) is 27.6 Å². The highest BCUT2D eigenvalue weighted by Gasteiger charge is 2.17. The Labute approximate surface area is 183 Å². The maximum Gasteiger partial charge on any atom is 0.333 e. The molecule has 0 fully saturated rings. The highest BCUT2D eigenvalue weighted by molar-refractivity contribution is 7.91. The van der Waals surface area contributed by atoms with Gasteiger partial charge in [0.25, 0.3) is 0 Å². The van der Waals surface area contributed by atoms with Gasteiger partial charge in [0, 0.05) is 5.57 Å². The van der Waals surface area contributed by atoms with Crippen LogP contribution >= 0.6 is 0 Å². The Morgan fingerprint density at radius 1 is 1.00 bits per heavy atom. The van der Waals surface area contributed by atoms with Gasteiger partial charge < -0.3 is 9.47 Å². The van der Waals surface area contributed by atoms with Crippen molar-refractivity contribution in [3.8, 4) is 5.75 Å². The van der Waals surface area contributed by atoms with E-state index in [4.69, 9.17) is 9.47 Å². The van der Waals surface area contributed by atoms with E-state index in [-0.39, 0.29) is 24.9 Å². The van der Waals surface area contributed by atoms with Gasteiger partial charge in [0.15, 0.2) is 9.84 Å². The topological polar surface area (TPSA) is 94.4 Å². The minimum atomic E-state index is -3.30. The molecule has 0 saturated heterocycles. The van der Waals surface area contributed by atoms with Crippen molar-refractivity contribution in [3.05, 3.63) is 60.7 Å². The predicted octanol–water partition coefficient (Wildman–Crippen LogP) is 5.42. The van der Waals surface area contributed by atoms with Gasteiger partial charge >= 0.3 is 5.97 Å². The molecule has 8 heteroatoms. The first-order valence-corrected chi connectivity index (χ1v) is 11.7. The third kappa shape index (κ3) is 7.97. The van der Waals surface area contributed by atoms with E-state index in [0.717, 1.165) is 6.42 Å². The van der Waals surface area contributed by atoms with Gasteiger partial charge in [-0.3, -0.25) is 0 Å². The van der Waals surface area contributed by atoms with Crippen molar-refractivity contribution < 1.29 is 22.7 Å². The summed E-state index contributed by atoms with van der Waals surface area (Å²) in [5.41, 5.74) is 1.52. The van der Waals surface area contributed by atoms with Gasteiger partial charge in [-0.25, -0.2) is 13.2 Å². The summed E-state index contributed by atoms with van der Waals surface area (Å²) < 4.78 is 35.2. The summed E-state index contributed by atoms with van der Waals surface area (Å²) in [7, 11) is -3.30. The van der Waals surface area contributed by atoms with E-state index in [1.165, 1.54) is 0 Å². The molecule has 1 atom stereocenters. The number of carbonyl (C=O) groups excluding carboxylic acids is 1. The first-order valence-electron chi connectivity index (χ1n) is 10.0. The van der Waals surface area contributed by atoms with E-state index in [2.05, 4.69) is 16.8 Å². The Bertz CT molecular complexity index is 1010. The molecule has 0 bridgehead atoms. The molecular weight excluding hydrogens is 416 g/mol. The molecule has 0 spiro atoms. The average Bonchev–Trinajstić information content (AvgIpc) is 2.75. The number of azo groups is 1. The van der Waals surface area contributed by atoms with Crippen LogP contribution in [0, 0.1) is 5.92 Å². The molecule has 31 heavy (non-hydrogen) atoms. The largest absolute Gasteiger partial charge is 0.490 e. The molecule has 0 aliphatic rings. The minimum absolute atomic E-state index is 0.114. The van der Waals surface area contributed by atoms with Gasteiger partial charge in [-0.2, -0.15) is 10.2 Å². The Hall–Kier alpha value is -3.00. The molecule has 166 valence electrons. The quantitative estimate of drug-likeness (QED) is 0.200. The predicted molar refractivity (Wildman–Crippen MR) is 120 cm³/mol. The van der Waals surface area contributed by atoms with Crippen LogP contribution in [0.3, 0.4) is 0 Å². The lowest BCUT2D eigenvalue weighted by molar-refractivity contribution is -0.139. The van der Waals surface area contributed by atoms with Crippen LogP contribution < -0.4 is 4.74 Å². The van der Waals surface area contributed by atoms with Gasteiger partial charge in [0.05, 0.1) is 22.0 Å². The number of sulfone groups is 1. The number of esters is 1. The van der Waals surface area contributed by atoms with Crippen molar-refractivity contribution in [1.29, 1.82) is 0 Å². The molecule has 2 aromatic rings. The molecular formula is C23H28N2O5S. The summed E-state index contributed by atoms with van der Waals surface area (Å²) in [6.45, 7) is 9.36. The Morgan fingerprint density at radius 2 is 1.55 bits per heavy atom. The number of rotatable bonds is 11. The Balaban J connectivity index is 1.89. The van der Waals surface area contributed by atoms with E-state index < -0.39 is 15.8 Å². The van der Waals surface area contributed by atoms with E-state index in [1.807, 2.05) is 13.8 Å². The SMILES string of the molecule is C=C(C)C(=O)OCCOc1ccc(/N=N/c2ccc(S(=O)(=O)C[C@H](C)CC)cc2)cc1. The van der Waals surface area contributed by atoms with Crippen LogP contribution in [0.2, 0.25) is 0 Å².